The molecule has 9 rings (SSSR count). The molecular formula is C20H50N3O9Si3+. The van der Waals surface area contributed by atoms with Gasteiger partial charge in [-0.05, 0) is 33.0 Å². The molecule has 0 aromatic carbocycles. The normalized spacial score (nSPS) is 36.4. The lowest BCUT2D eigenvalue weighted by Gasteiger charge is -2.55. The van der Waals surface area contributed by atoms with Crippen LogP contribution in [0, 0.1) is 0 Å². The summed E-state index contributed by atoms with van der Waals surface area (Å²) < 4.78 is 46.9. The zero-order chi connectivity index (χ0) is 26.4. The predicted octanol–water partition coefficient (Wildman–Crippen LogP) is 1.48. The van der Waals surface area contributed by atoms with E-state index in [2.05, 4.69) is 17.7 Å². The Morgan fingerprint density at radius 1 is 0.629 bits per heavy atom. The van der Waals surface area contributed by atoms with Crippen LogP contribution in [-0.4, -0.2) is 79.6 Å². The number of nitrogens with two attached hydrogens (primary N) is 2. The third kappa shape index (κ3) is 9.15. The van der Waals surface area contributed by atoms with Crippen molar-refractivity contribution in [1.82, 2.24) is 5.32 Å². The first-order valence-electron chi connectivity index (χ1n) is 13.3. The molecule has 6 bridgehead atoms. The second kappa shape index (κ2) is 16.9. The standard InChI is InChI=1S/2C5H11NO3Si.C4H9NO3Si.3C2H6/c2*1-6-3-2-4-10-7-5(8-10)9-10;5-2-1-3-9-6-4(7-9)8-9;3*1-2/h2*5-6H,2-4H2,1H3;4H,1-3,5H2;3*1-2H3/p+1. The Morgan fingerprint density at radius 2 is 0.971 bits per heavy atom. The molecule has 5 N–H and O–H groups in total. The van der Waals surface area contributed by atoms with E-state index >= 15 is 0 Å². The van der Waals surface area contributed by atoms with E-state index in [9.17, 15) is 0 Å². The van der Waals surface area contributed by atoms with Gasteiger partial charge in [-0.15, -0.1) is 0 Å². The molecule has 9 aliphatic rings. The fraction of sp³-hybridized carbons (Fsp3) is 1.00. The summed E-state index contributed by atoms with van der Waals surface area (Å²) in [5.41, 5.74) is 5.29. The van der Waals surface area contributed by atoms with Gasteiger partial charge in [0.15, 0.2) is 0 Å². The van der Waals surface area contributed by atoms with Crippen LogP contribution in [0.3, 0.4) is 0 Å². The van der Waals surface area contributed by atoms with Crippen molar-refractivity contribution < 1.29 is 45.2 Å². The van der Waals surface area contributed by atoms with Gasteiger partial charge in [-0.3, -0.25) is 0 Å². The van der Waals surface area contributed by atoms with Crippen LogP contribution < -0.4 is 16.4 Å². The number of quaternary nitrogens is 1. The van der Waals surface area contributed by atoms with E-state index in [0.29, 0.717) is 6.54 Å². The van der Waals surface area contributed by atoms with Crippen LogP contribution in [0.4, 0.5) is 0 Å². The first kappa shape index (κ1) is 33.2. The van der Waals surface area contributed by atoms with Crippen molar-refractivity contribution in [1.29, 1.82) is 0 Å². The maximum Gasteiger partial charge on any atom is 0.512 e. The highest BCUT2D eigenvalue weighted by Gasteiger charge is 2.69. The van der Waals surface area contributed by atoms with Gasteiger partial charge in [0.05, 0.1) is 13.6 Å². The first-order valence-corrected chi connectivity index (χ1v) is 19.1. The summed E-state index contributed by atoms with van der Waals surface area (Å²) in [5, 5.41) is 5.21. The third-order valence-electron chi connectivity index (χ3n) is 5.05. The third-order valence-corrected chi connectivity index (χ3v) is 12.9. The quantitative estimate of drug-likeness (QED) is 0.250. The summed E-state index contributed by atoms with van der Waals surface area (Å²) in [4.78, 5) is 0. The number of nitrogens with one attached hydrogen (secondary N) is 1. The SMILES string of the molecule is CC.CC.CC.CNCCC[Si]12OC(O1)O2.C[NH2+]CCC[Si]12OC(O1)O2.NCCC[Si]12OC(O1)O2. The summed E-state index contributed by atoms with van der Waals surface area (Å²) in [6.07, 6.45) is 3.16. The van der Waals surface area contributed by atoms with Crippen LogP contribution in [0.15, 0.2) is 0 Å². The molecule has 0 spiro atoms. The molecule has 9 fully saturated rings. The van der Waals surface area contributed by atoms with Gasteiger partial charge in [0.25, 0.3) is 19.4 Å². The van der Waals surface area contributed by atoms with E-state index in [1.165, 1.54) is 0 Å². The van der Waals surface area contributed by atoms with E-state index in [0.717, 1.165) is 50.5 Å². The largest absolute Gasteiger partial charge is 0.512 e. The molecule has 9 aliphatic heterocycles. The van der Waals surface area contributed by atoms with E-state index in [4.69, 9.17) is 45.6 Å². The fourth-order valence-electron chi connectivity index (χ4n) is 3.25. The predicted molar refractivity (Wildman–Crippen MR) is 136 cm³/mol. The molecule has 0 amide bonds. The van der Waals surface area contributed by atoms with Gasteiger partial charge in [-0.25, -0.2) is 0 Å². The molecule has 0 aromatic rings. The average Bonchev–Trinajstić information content (AvgIpc) is 2.73. The van der Waals surface area contributed by atoms with Crippen LogP contribution in [0.25, 0.3) is 0 Å². The van der Waals surface area contributed by atoms with Crippen molar-refractivity contribution in [3.63, 3.8) is 0 Å². The van der Waals surface area contributed by atoms with Crippen molar-refractivity contribution >= 4 is 26.4 Å². The zero-order valence-electron chi connectivity index (χ0n) is 22.9. The lowest BCUT2D eigenvalue weighted by Crippen LogP contribution is -2.81. The Hall–Kier alpha value is 0.171. The highest BCUT2D eigenvalue weighted by Crippen LogP contribution is 2.45. The topological polar surface area (TPSA) is 138 Å². The first-order chi connectivity index (χ1) is 17.0. The summed E-state index contributed by atoms with van der Waals surface area (Å²) in [6, 6.07) is 2.85. The molecule has 0 aliphatic carbocycles. The molecule has 9 saturated heterocycles. The highest BCUT2D eigenvalue weighted by molar-refractivity contribution is 6.66. The van der Waals surface area contributed by atoms with Gasteiger partial charge in [-0.2, -0.15) is 0 Å². The molecule has 210 valence electrons. The Morgan fingerprint density at radius 3 is 1.23 bits per heavy atom. The Bertz CT molecular complexity index is 488. The van der Waals surface area contributed by atoms with E-state index < -0.39 is 26.4 Å². The molecule has 35 heavy (non-hydrogen) atoms. The minimum atomic E-state index is -1.95. The second-order valence-electron chi connectivity index (χ2n) is 7.38. The average molecular weight is 561 g/mol. The Labute approximate surface area is 214 Å². The lowest BCUT2D eigenvalue weighted by atomic mass is 10.5. The lowest BCUT2D eigenvalue weighted by molar-refractivity contribution is -0.627. The van der Waals surface area contributed by atoms with Crippen molar-refractivity contribution in [2.24, 2.45) is 5.73 Å². The van der Waals surface area contributed by atoms with Gasteiger partial charge >= 0.3 is 26.4 Å². The molecule has 0 saturated carbocycles. The van der Waals surface area contributed by atoms with Crippen molar-refractivity contribution in [2.75, 3.05) is 33.7 Å². The molecule has 0 unspecified atom stereocenters. The van der Waals surface area contributed by atoms with Crippen LogP contribution >= 0.6 is 0 Å². The number of hydrogen-bond acceptors (Lipinski definition) is 11. The number of rotatable bonds is 11. The molecule has 15 heteroatoms. The fourth-order valence-corrected chi connectivity index (χ4v) is 8.99. The molecule has 9 heterocycles. The number of hydrogen-bond donors (Lipinski definition) is 3. The maximum atomic E-state index is 5.29. The maximum absolute atomic E-state index is 5.29. The molecular weight excluding hydrogens is 510 g/mol. The monoisotopic (exact) mass is 560 g/mol. The van der Waals surface area contributed by atoms with Crippen molar-refractivity contribution in [3.05, 3.63) is 0 Å². The van der Waals surface area contributed by atoms with E-state index in [1.54, 1.807) is 0 Å². The van der Waals surface area contributed by atoms with Crippen LogP contribution in [0.1, 0.15) is 60.8 Å². The molecule has 12 nitrogen and oxygen atoms in total. The van der Waals surface area contributed by atoms with Gasteiger partial charge in [0.1, 0.15) is 0 Å². The summed E-state index contributed by atoms with van der Waals surface area (Å²) in [7, 11) is -1.80. The molecule has 0 aromatic heterocycles. The highest BCUT2D eigenvalue weighted by atomic mass is 28.4. The van der Waals surface area contributed by atoms with Gasteiger partial charge < -0.3 is 56.2 Å². The van der Waals surface area contributed by atoms with Crippen LogP contribution in [0.2, 0.25) is 18.1 Å². The second-order valence-corrected chi connectivity index (χ2v) is 15.1. The van der Waals surface area contributed by atoms with Crippen LogP contribution in [-0.2, 0) is 39.8 Å². The van der Waals surface area contributed by atoms with Gasteiger partial charge in [0, 0.05) is 24.6 Å². The van der Waals surface area contributed by atoms with Crippen LogP contribution in [0.5, 0.6) is 0 Å². The Kier molecular flexibility index (Phi) is 16.0. The minimum Gasteiger partial charge on any atom is -0.349 e. The van der Waals surface area contributed by atoms with E-state index in [-0.39, 0.29) is 19.4 Å². The van der Waals surface area contributed by atoms with Gasteiger partial charge in [0.2, 0.25) is 0 Å². The summed E-state index contributed by atoms with van der Waals surface area (Å²) in [6.45, 7) is 14.0. The smallest absolute Gasteiger partial charge is 0.349 e. The van der Waals surface area contributed by atoms with Gasteiger partial charge in [-0.1, -0.05) is 41.5 Å². The van der Waals surface area contributed by atoms with Crippen molar-refractivity contribution in [2.45, 2.75) is 98.4 Å². The van der Waals surface area contributed by atoms with Crippen molar-refractivity contribution in [3.8, 4) is 0 Å². The minimum absolute atomic E-state index is 0.266. The molecule has 0 atom stereocenters. The summed E-state index contributed by atoms with van der Waals surface area (Å²) in [5.74, 6) is 0. The molecule has 0 radical (unpaired) electrons. The zero-order valence-corrected chi connectivity index (χ0v) is 25.9. The summed E-state index contributed by atoms with van der Waals surface area (Å²) >= 11 is 0. The van der Waals surface area contributed by atoms with E-state index in [1.807, 2.05) is 48.6 Å². The Balaban J connectivity index is 0.000000237.